The lowest BCUT2D eigenvalue weighted by atomic mass is 10.4. The number of hydrogen-bond donors (Lipinski definition) is 0. The number of aromatic nitrogens is 1. The molecule has 0 saturated carbocycles. The fraction of sp³-hybridized carbons (Fsp3) is 0.167. The van der Waals surface area contributed by atoms with Gasteiger partial charge in [0.25, 0.3) is 15.5 Å². The van der Waals surface area contributed by atoms with Crippen molar-refractivity contribution >= 4 is 58.3 Å². The molecule has 0 aromatic carbocycles. The van der Waals surface area contributed by atoms with E-state index in [1.54, 1.807) is 22.6 Å². The number of pyridine rings is 1. The molecule has 1 aromatic heterocycles. The number of hydrogen-bond acceptors (Lipinski definition) is 3. The zero-order valence-corrected chi connectivity index (χ0v) is 12.0. The molecule has 0 aliphatic carbocycles. The number of nitrogens with zero attached hydrogens (tertiary/aromatic N) is 1. The first kappa shape index (κ1) is 13.5. The van der Waals surface area contributed by atoms with Crippen LogP contribution in [0.4, 0.5) is 8.78 Å². The van der Waals surface area contributed by atoms with Gasteiger partial charge in [0.2, 0.25) is 0 Å². The molecule has 9 heteroatoms. The third kappa shape index (κ3) is 3.21. The number of halogens is 5. The Bertz CT molecular complexity index is 496. The average Bonchev–Trinajstić information content (AvgIpc) is 2.06. The molecule has 0 amide bonds. The average molecular weight is 432 g/mol. The van der Waals surface area contributed by atoms with Gasteiger partial charge in [0.05, 0.1) is 3.57 Å². The Balaban J connectivity index is 3.52. The minimum absolute atomic E-state index is 0.173. The second-order valence-electron chi connectivity index (χ2n) is 2.39. The zero-order chi connectivity index (χ0) is 11.8. The van der Waals surface area contributed by atoms with E-state index in [2.05, 4.69) is 20.9 Å². The van der Waals surface area contributed by atoms with Gasteiger partial charge in [-0.25, -0.2) is 22.2 Å². The quantitative estimate of drug-likeness (QED) is 0.532. The van der Waals surface area contributed by atoms with Crippen LogP contribution in [0.5, 0.6) is 0 Å². The molecule has 1 rings (SSSR count). The maximum absolute atomic E-state index is 12.3. The molecule has 0 N–H and O–H groups in total. The lowest BCUT2D eigenvalue weighted by Gasteiger charge is -2.05. The van der Waals surface area contributed by atoms with Crippen molar-refractivity contribution in [2.24, 2.45) is 0 Å². The van der Waals surface area contributed by atoms with E-state index >= 15 is 0 Å². The van der Waals surface area contributed by atoms with Crippen LogP contribution in [-0.4, -0.2) is 13.4 Å². The Hall–Kier alpha value is 0.460. The van der Waals surface area contributed by atoms with Gasteiger partial charge < -0.3 is 0 Å². The molecule has 3 nitrogen and oxygen atoms in total. The van der Waals surface area contributed by atoms with E-state index in [1.165, 1.54) is 0 Å². The Morgan fingerprint density at radius 2 is 2.07 bits per heavy atom. The molecule has 0 atom stereocenters. The lowest BCUT2D eigenvalue weighted by molar-refractivity contribution is 0.145. The summed E-state index contributed by atoms with van der Waals surface area (Å²) in [5.41, 5.74) is -0.637. The molecule has 1 aromatic rings. The maximum Gasteiger partial charge on any atom is 0.280 e. The summed E-state index contributed by atoms with van der Waals surface area (Å²) in [7, 11) is 0.930. The SMILES string of the molecule is O=S(=O)(Cl)c1nc(C(F)F)cc(Br)c1I. The topological polar surface area (TPSA) is 47.0 Å². The van der Waals surface area contributed by atoms with Crippen molar-refractivity contribution in [1.82, 2.24) is 4.98 Å². The summed E-state index contributed by atoms with van der Waals surface area (Å²) in [5.74, 6) is 0. The van der Waals surface area contributed by atoms with Crippen LogP contribution in [0.2, 0.25) is 0 Å². The van der Waals surface area contributed by atoms with Crippen molar-refractivity contribution in [3.05, 3.63) is 19.8 Å². The summed E-state index contributed by atoms with van der Waals surface area (Å²) in [6.07, 6.45) is -2.85. The Kier molecular flexibility index (Phi) is 4.29. The molecule has 0 aliphatic heterocycles. The minimum Gasteiger partial charge on any atom is -0.233 e. The van der Waals surface area contributed by atoms with Crippen molar-refractivity contribution in [2.45, 2.75) is 11.5 Å². The molecule has 0 bridgehead atoms. The summed E-state index contributed by atoms with van der Waals surface area (Å²) in [6.45, 7) is 0. The number of rotatable bonds is 2. The molecule has 0 saturated heterocycles. The summed E-state index contributed by atoms with van der Waals surface area (Å²) in [4.78, 5) is 3.30. The van der Waals surface area contributed by atoms with Crippen molar-refractivity contribution in [3.63, 3.8) is 0 Å². The van der Waals surface area contributed by atoms with E-state index in [9.17, 15) is 17.2 Å². The molecular weight excluding hydrogens is 430 g/mol. The summed E-state index contributed by atoms with van der Waals surface area (Å²) in [5, 5.41) is -0.561. The highest BCUT2D eigenvalue weighted by molar-refractivity contribution is 14.1. The van der Waals surface area contributed by atoms with E-state index in [1.807, 2.05) is 0 Å². The minimum atomic E-state index is -4.12. The molecule has 0 aliphatic rings. The first-order valence-electron chi connectivity index (χ1n) is 3.32. The van der Waals surface area contributed by atoms with Crippen molar-refractivity contribution < 1.29 is 17.2 Å². The first-order chi connectivity index (χ1) is 6.73. The van der Waals surface area contributed by atoms with E-state index in [0.29, 0.717) is 0 Å². The monoisotopic (exact) mass is 431 g/mol. The second kappa shape index (κ2) is 4.76. The highest BCUT2D eigenvalue weighted by Crippen LogP contribution is 2.30. The predicted molar refractivity (Wildman–Crippen MR) is 62.6 cm³/mol. The van der Waals surface area contributed by atoms with Crippen LogP contribution in [-0.2, 0) is 9.05 Å². The first-order valence-corrected chi connectivity index (χ1v) is 7.50. The van der Waals surface area contributed by atoms with Crippen molar-refractivity contribution in [3.8, 4) is 0 Å². The van der Waals surface area contributed by atoms with Gasteiger partial charge in [-0.1, -0.05) is 0 Å². The lowest BCUT2D eigenvalue weighted by Crippen LogP contribution is -2.03. The summed E-state index contributed by atoms with van der Waals surface area (Å²) < 4.78 is 47.1. The van der Waals surface area contributed by atoms with Crippen LogP contribution in [0.1, 0.15) is 12.1 Å². The van der Waals surface area contributed by atoms with E-state index in [-0.39, 0.29) is 8.04 Å². The van der Waals surface area contributed by atoms with Crippen molar-refractivity contribution in [1.29, 1.82) is 0 Å². The predicted octanol–water partition coefficient (Wildman–Crippen LogP) is 3.31. The van der Waals surface area contributed by atoms with E-state index < -0.39 is 26.2 Å². The molecule has 0 unspecified atom stereocenters. The largest absolute Gasteiger partial charge is 0.280 e. The van der Waals surface area contributed by atoms with Crippen LogP contribution in [0, 0.1) is 3.57 Å². The molecule has 0 radical (unpaired) electrons. The standard InChI is InChI=1S/C6H2BrClF2INO2S/c7-2-1-3(5(9)10)12-6(4(2)11)15(8,13)14/h1,5H. The van der Waals surface area contributed by atoms with Gasteiger partial charge in [0, 0.05) is 15.2 Å². The van der Waals surface area contributed by atoms with Gasteiger partial charge in [-0.05, 0) is 44.6 Å². The molecule has 0 fully saturated rings. The smallest absolute Gasteiger partial charge is 0.233 e. The van der Waals surface area contributed by atoms with Gasteiger partial charge in [-0.3, -0.25) is 0 Å². The van der Waals surface area contributed by atoms with Crippen LogP contribution in [0.3, 0.4) is 0 Å². The molecule has 0 spiro atoms. The molecular formula is C6H2BrClF2INO2S. The van der Waals surface area contributed by atoms with Gasteiger partial charge in [-0.2, -0.15) is 0 Å². The Morgan fingerprint density at radius 1 is 1.53 bits per heavy atom. The third-order valence-corrected chi connectivity index (χ3v) is 5.38. The van der Waals surface area contributed by atoms with E-state index in [0.717, 1.165) is 6.07 Å². The zero-order valence-electron chi connectivity index (χ0n) is 6.72. The highest BCUT2D eigenvalue weighted by Gasteiger charge is 2.22. The van der Waals surface area contributed by atoms with E-state index in [4.69, 9.17) is 10.7 Å². The molecule has 15 heavy (non-hydrogen) atoms. The third-order valence-electron chi connectivity index (χ3n) is 1.36. The van der Waals surface area contributed by atoms with Crippen LogP contribution >= 0.6 is 49.2 Å². The summed E-state index contributed by atoms with van der Waals surface area (Å²) >= 11 is 4.61. The molecule has 1 heterocycles. The van der Waals surface area contributed by atoms with Gasteiger partial charge >= 0.3 is 0 Å². The summed E-state index contributed by atoms with van der Waals surface area (Å²) in [6, 6.07) is 1.05. The molecule has 84 valence electrons. The Labute approximate surface area is 111 Å². The fourth-order valence-electron chi connectivity index (χ4n) is 0.767. The van der Waals surface area contributed by atoms with Gasteiger partial charge in [-0.15, -0.1) is 0 Å². The second-order valence-corrected chi connectivity index (χ2v) is 6.80. The highest BCUT2D eigenvalue weighted by atomic mass is 127. The number of alkyl halides is 2. The fourth-order valence-corrected chi connectivity index (χ4v) is 3.73. The van der Waals surface area contributed by atoms with Gasteiger partial charge in [0.1, 0.15) is 5.69 Å². The van der Waals surface area contributed by atoms with Crippen LogP contribution < -0.4 is 0 Å². The van der Waals surface area contributed by atoms with Crippen molar-refractivity contribution in [2.75, 3.05) is 0 Å². The maximum atomic E-state index is 12.3. The van der Waals surface area contributed by atoms with Crippen LogP contribution in [0.25, 0.3) is 0 Å². The Morgan fingerprint density at radius 3 is 2.47 bits per heavy atom. The van der Waals surface area contributed by atoms with Gasteiger partial charge in [0.15, 0.2) is 5.03 Å². The normalized spacial score (nSPS) is 12.1. The van der Waals surface area contributed by atoms with Crippen LogP contribution in [0.15, 0.2) is 15.6 Å².